The summed E-state index contributed by atoms with van der Waals surface area (Å²) >= 11 is 0. The summed E-state index contributed by atoms with van der Waals surface area (Å²) in [7, 11) is 0. The van der Waals surface area contributed by atoms with Gasteiger partial charge in [-0.2, -0.15) is 26.3 Å². The number of imidazole rings is 1. The highest BCUT2D eigenvalue weighted by Gasteiger charge is 2.32. The van der Waals surface area contributed by atoms with Crippen LogP contribution in [-0.4, -0.2) is 58.8 Å². The van der Waals surface area contributed by atoms with E-state index in [2.05, 4.69) is 15.0 Å². The molecule has 0 radical (unpaired) electrons. The van der Waals surface area contributed by atoms with Crippen LogP contribution in [0.3, 0.4) is 0 Å². The van der Waals surface area contributed by atoms with Crippen molar-refractivity contribution in [2.75, 3.05) is 37.6 Å². The van der Waals surface area contributed by atoms with E-state index in [1.165, 1.54) is 17.0 Å². The highest BCUT2D eigenvalue weighted by molar-refractivity contribution is 5.66. The molecule has 0 aliphatic carbocycles. The van der Waals surface area contributed by atoms with Crippen LogP contribution in [0.1, 0.15) is 5.56 Å². The maximum absolute atomic E-state index is 12.7. The molecule has 170 valence electrons. The Bertz CT molecular complexity index is 1050. The number of alkyl halides is 6. The molecule has 1 saturated heterocycles. The van der Waals surface area contributed by atoms with E-state index < -0.39 is 24.5 Å². The topological polar surface area (TPSA) is 48.0 Å². The van der Waals surface area contributed by atoms with E-state index >= 15 is 0 Å². The Hall–Kier alpha value is -3.08. The highest BCUT2D eigenvalue weighted by atomic mass is 19.4. The fourth-order valence-corrected chi connectivity index (χ4v) is 3.57. The average molecular weight is 455 g/mol. The van der Waals surface area contributed by atoms with Crippen molar-refractivity contribution in [1.29, 1.82) is 0 Å². The number of halogens is 6. The van der Waals surface area contributed by atoms with E-state index in [4.69, 9.17) is 0 Å². The molecule has 0 spiro atoms. The molecular weight excluding hydrogens is 436 g/mol. The molecule has 3 heterocycles. The minimum absolute atomic E-state index is 0.282. The highest BCUT2D eigenvalue weighted by Crippen LogP contribution is 2.31. The molecule has 0 amide bonds. The van der Waals surface area contributed by atoms with E-state index in [9.17, 15) is 26.3 Å². The summed E-state index contributed by atoms with van der Waals surface area (Å²) in [6, 6.07) is 8.26. The molecule has 3 aromatic rings. The first-order valence-electron chi connectivity index (χ1n) is 9.82. The van der Waals surface area contributed by atoms with Gasteiger partial charge < -0.3 is 9.88 Å². The van der Waals surface area contributed by atoms with Crippen LogP contribution < -0.4 is 4.90 Å². The van der Waals surface area contributed by atoms with Gasteiger partial charge in [0.1, 0.15) is 11.6 Å². The predicted octanol–water partition coefficient (Wildman–Crippen LogP) is 4.84. The number of benzene rings is 1. The van der Waals surface area contributed by atoms with Crippen LogP contribution in [0.15, 0.2) is 48.8 Å². The molecule has 1 aromatic carbocycles. The molecule has 0 saturated carbocycles. The van der Waals surface area contributed by atoms with E-state index in [1.54, 1.807) is 24.5 Å². The van der Waals surface area contributed by atoms with Crippen LogP contribution in [0.2, 0.25) is 0 Å². The van der Waals surface area contributed by atoms with Crippen molar-refractivity contribution in [2.45, 2.75) is 12.4 Å². The van der Waals surface area contributed by atoms with Crippen molar-refractivity contribution in [1.82, 2.24) is 19.9 Å². The van der Waals surface area contributed by atoms with Crippen molar-refractivity contribution in [3.63, 3.8) is 0 Å². The van der Waals surface area contributed by atoms with Gasteiger partial charge in [-0.3, -0.25) is 4.90 Å². The van der Waals surface area contributed by atoms with Gasteiger partial charge in [0.2, 0.25) is 0 Å². The van der Waals surface area contributed by atoms with Crippen LogP contribution in [0.4, 0.5) is 32.2 Å². The third kappa shape index (κ3) is 5.21. The number of piperazine rings is 1. The van der Waals surface area contributed by atoms with Gasteiger partial charge in [-0.15, -0.1) is 0 Å². The van der Waals surface area contributed by atoms with Crippen molar-refractivity contribution < 1.29 is 26.3 Å². The van der Waals surface area contributed by atoms with Crippen molar-refractivity contribution in [2.24, 2.45) is 0 Å². The van der Waals surface area contributed by atoms with E-state index in [1.807, 2.05) is 4.90 Å². The van der Waals surface area contributed by atoms with Crippen molar-refractivity contribution in [3.05, 3.63) is 54.4 Å². The number of rotatable bonds is 4. The van der Waals surface area contributed by atoms with E-state index in [0.29, 0.717) is 41.6 Å². The number of hydrogen-bond acceptors (Lipinski definition) is 4. The molecule has 32 heavy (non-hydrogen) atoms. The molecule has 4 rings (SSSR count). The second-order valence-corrected chi connectivity index (χ2v) is 7.49. The van der Waals surface area contributed by atoms with Gasteiger partial charge in [-0.25, -0.2) is 9.97 Å². The lowest BCUT2D eigenvalue weighted by Gasteiger charge is -2.35. The Balaban J connectivity index is 1.46. The number of aromatic nitrogens is 3. The summed E-state index contributed by atoms with van der Waals surface area (Å²) in [5.41, 5.74) is 1.01. The largest absolute Gasteiger partial charge is 0.416 e. The number of aromatic amines is 1. The summed E-state index contributed by atoms with van der Waals surface area (Å²) in [5, 5.41) is 0. The standard InChI is InChI=1S/C21H19F6N5/c22-20(23,24)13-31-7-9-32(10-8-31)18-11-15(5-6-28-18)19-29-12-17(30-19)14-1-3-16(4-2-14)21(25,26)27/h1-6,11-12H,7-10,13H2,(H,29,30). The minimum Gasteiger partial charge on any atom is -0.354 e. The fraction of sp³-hybridized carbons (Fsp3) is 0.333. The molecule has 5 nitrogen and oxygen atoms in total. The Kier molecular flexibility index (Phi) is 5.85. The Morgan fingerprint density at radius 1 is 0.875 bits per heavy atom. The summed E-state index contributed by atoms with van der Waals surface area (Å²) in [5.74, 6) is 1.14. The number of nitrogens with one attached hydrogen (secondary N) is 1. The maximum atomic E-state index is 12.7. The molecule has 0 unspecified atom stereocenters. The lowest BCUT2D eigenvalue weighted by molar-refractivity contribution is -0.146. The van der Waals surface area contributed by atoms with Crippen LogP contribution in [0.5, 0.6) is 0 Å². The molecular formula is C21H19F6N5. The van der Waals surface area contributed by atoms with Gasteiger partial charge in [-0.1, -0.05) is 12.1 Å². The smallest absolute Gasteiger partial charge is 0.354 e. The average Bonchev–Trinajstić information content (AvgIpc) is 3.23. The molecule has 11 heteroatoms. The van der Waals surface area contributed by atoms with E-state index in [0.717, 1.165) is 12.1 Å². The van der Waals surface area contributed by atoms with Crippen molar-refractivity contribution >= 4 is 5.82 Å². The number of pyridine rings is 1. The van der Waals surface area contributed by atoms with E-state index in [-0.39, 0.29) is 13.1 Å². The zero-order valence-corrected chi connectivity index (χ0v) is 16.7. The molecule has 1 aliphatic heterocycles. The number of anilines is 1. The monoisotopic (exact) mass is 455 g/mol. The predicted molar refractivity (Wildman–Crippen MR) is 107 cm³/mol. The second-order valence-electron chi connectivity index (χ2n) is 7.49. The molecule has 0 atom stereocenters. The van der Waals surface area contributed by atoms with Gasteiger partial charge in [0.15, 0.2) is 0 Å². The normalized spacial score (nSPS) is 15.9. The zero-order chi connectivity index (χ0) is 22.9. The maximum Gasteiger partial charge on any atom is 0.416 e. The first-order chi connectivity index (χ1) is 15.1. The summed E-state index contributed by atoms with van der Waals surface area (Å²) in [4.78, 5) is 15.1. The Morgan fingerprint density at radius 3 is 2.19 bits per heavy atom. The lowest BCUT2D eigenvalue weighted by Crippen LogP contribution is -2.49. The molecule has 1 aliphatic rings. The third-order valence-electron chi connectivity index (χ3n) is 5.20. The number of nitrogens with zero attached hydrogens (tertiary/aromatic N) is 4. The number of hydrogen-bond donors (Lipinski definition) is 1. The summed E-state index contributed by atoms with van der Waals surface area (Å²) in [6.07, 6.45) is -5.42. The molecule has 1 fully saturated rings. The fourth-order valence-electron chi connectivity index (χ4n) is 3.57. The Morgan fingerprint density at radius 2 is 1.56 bits per heavy atom. The summed E-state index contributed by atoms with van der Waals surface area (Å²) in [6.45, 7) is 0.477. The molecule has 1 N–H and O–H groups in total. The number of H-pyrrole nitrogens is 1. The van der Waals surface area contributed by atoms with Gasteiger partial charge in [0.25, 0.3) is 0 Å². The van der Waals surface area contributed by atoms with Gasteiger partial charge in [-0.05, 0) is 24.3 Å². The van der Waals surface area contributed by atoms with Gasteiger partial charge in [0, 0.05) is 49.7 Å². The van der Waals surface area contributed by atoms with Crippen LogP contribution in [0.25, 0.3) is 22.6 Å². The van der Waals surface area contributed by atoms with Crippen LogP contribution in [-0.2, 0) is 6.18 Å². The second kappa shape index (κ2) is 8.45. The van der Waals surface area contributed by atoms with Crippen LogP contribution in [0, 0.1) is 0 Å². The lowest BCUT2D eigenvalue weighted by atomic mass is 10.1. The first-order valence-corrected chi connectivity index (χ1v) is 9.82. The molecule has 0 bridgehead atoms. The van der Waals surface area contributed by atoms with Crippen molar-refractivity contribution in [3.8, 4) is 22.6 Å². The molecule has 2 aromatic heterocycles. The zero-order valence-electron chi connectivity index (χ0n) is 16.7. The van der Waals surface area contributed by atoms with Crippen LogP contribution >= 0.6 is 0 Å². The third-order valence-corrected chi connectivity index (χ3v) is 5.20. The first kappa shape index (κ1) is 22.1. The Labute approximate surface area is 179 Å². The summed E-state index contributed by atoms with van der Waals surface area (Å²) < 4.78 is 76.0. The van der Waals surface area contributed by atoms with Gasteiger partial charge in [0.05, 0.1) is 17.8 Å². The van der Waals surface area contributed by atoms with Gasteiger partial charge >= 0.3 is 12.4 Å². The minimum atomic E-state index is -4.40. The SMILES string of the molecule is FC(F)(F)CN1CCN(c2cc(-c3nc(-c4ccc(C(F)(F)F)cc4)c[nH]3)ccn2)CC1. The quantitative estimate of drug-likeness (QED) is 0.572.